The maximum Gasteiger partial charge on any atom is 0.185 e. The van der Waals surface area contributed by atoms with Gasteiger partial charge in [0.2, 0.25) is 0 Å². The van der Waals surface area contributed by atoms with Gasteiger partial charge in [-0.25, -0.2) is 4.39 Å². The molecule has 0 aliphatic carbocycles. The highest BCUT2D eigenvalue weighted by Gasteiger charge is 2.11. The van der Waals surface area contributed by atoms with E-state index < -0.39 is 5.82 Å². The number of carbonyl (C=O) groups excluding carboxylic acids is 1. The fourth-order valence-electron chi connectivity index (χ4n) is 1.47. The van der Waals surface area contributed by atoms with Crippen LogP contribution >= 0.6 is 23.2 Å². The van der Waals surface area contributed by atoms with Gasteiger partial charge in [0.05, 0.1) is 5.02 Å². The Labute approximate surface area is 113 Å². The van der Waals surface area contributed by atoms with Crippen LogP contribution in [0, 0.1) is 5.82 Å². The molecule has 92 valence electrons. The molecule has 0 bridgehead atoms. The van der Waals surface area contributed by atoms with Gasteiger partial charge in [0.15, 0.2) is 5.78 Å². The maximum atomic E-state index is 13.5. The van der Waals surface area contributed by atoms with Gasteiger partial charge in [-0.3, -0.25) is 9.78 Å². The summed E-state index contributed by atoms with van der Waals surface area (Å²) >= 11 is 11.3. The normalized spacial score (nSPS) is 10.4. The summed E-state index contributed by atoms with van der Waals surface area (Å²) in [7, 11) is 0. The van der Waals surface area contributed by atoms with Crippen LogP contribution in [-0.2, 0) is 6.42 Å². The molecule has 0 aliphatic heterocycles. The Hall–Kier alpha value is -1.45. The van der Waals surface area contributed by atoms with E-state index in [1.807, 2.05) is 0 Å². The lowest BCUT2D eigenvalue weighted by Crippen LogP contribution is -2.07. The molecule has 0 amide bonds. The van der Waals surface area contributed by atoms with Crippen LogP contribution in [0.2, 0.25) is 10.0 Å². The standard InChI is InChI=1S/C13H8Cl2FNO/c14-9-2-1-8(11(16)6-9)5-13(18)12-4-3-10(15)7-17-12/h1-4,6-7H,5H2. The van der Waals surface area contributed by atoms with E-state index in [1.54, 1.807) is 12.1 Å². The Morgan fingerprint density at radius 3 is 2.50 bits per heavy atom. The minimum Gasteiger partial charge on any atom is -0.292 e. The number of rotatable bonds is 3. The minimum atomic E-state index is -0.496. The van der Waals surface area contributed by atoms with Crippen LogP contribution in [0.4, 0.5) is 4.39 Å². The third kappa shape index (κ3) is 3.06. The third-order valence-electron chi connectivity index (χ3n) is 2.38. The molecular formula is C13H8Cl2FNO. The lowest BCUT2D eigenvalue weighted by Gasteiger charge is -2.03. The summed E-state index contributed by atoms with van der Waals surface area (Å²) in [5, 5.41) is 0.748. The lowest BCUT2D eigenvalue weighted by atomic mass is 10.1. The molecular weight excluding hydrogens is 276 g/mol. The van der Waals surface area contributed by atoms with Gasteiger partial charge in [-0.2, -0.15) is 0 Å². The maximum absolute atomic E-state index is 13.5. The topological polar surface area (TPSA) is 30.0 Å². The molecule has 0 fully saturated rings. The van der Waals surface area contributed by atoms with Crippen molar-refractivity contribution in [2.45, 2.75) is 6.42 Å². The lowest BCUT2D eigenvalue weighted by molar-refractivity contribution is 0.0987. The Bertz CT molecular complexity index is 584. The van der Waals surface area contributed by atoms with Crippen molar-refractivity contribution in [2.24, 2.45) is 0 Å². The Balaban J connectivity index is 2.18. The number of aromatic nitrogens is 1. The molecule has 1 aromatic carbocycles. The second-order valence-electron chi connectivity index (χ2n) is 3.70. The van der Waals surface area contributed by atoms with E-state index in [2.05, 4.69) is 4.98 Å². The Kier molecular flexibility index (Phi) is 3.94. The van der Waals surface area contributed by atoms with Crippen molar-refractivity contribution in [3.63, 3.8) is 0 Å². The van der Waals surface area contributed by atoms with Gasteiger partial charge in [-0.05, 0) is 29.8 Å². The predicted molar refractivity (Wildman–Crippen MR) is 68.7 cm³/mol. The summed E-state index contributed by atoms with van der Waals surface area (Å²) in [5.74, 6) is -0.766. The number of carbonyl (C=O) groups is 1. The van der Waals surface area contributed by atoms with Gasteiger partial charge in [-0.1, -0.05) is 29.3 Å². The molecule has 1 aromatic heterocycles. The zero-order chi connectivity index (χ0) is 13.1. The summed E-state index contributed by atoms with van der Waals surface area (Å²) in [4.78, 5) is 15.7. The first-order valence-corrected chi connectivity index (χ1v) is 5.90. The Morgan fingerprint density at radius 1 is 1.17 bits per heavy atom. The van der Waals surface area contributed by atoms with Crippen LogP contribution in [0.5, 0.6) is 0 Å². The van der Waals surface area contributed by atoms with E-state index >= 15 is 0 Å². The first-order chi connectivity index (χ1) is 8.56. The number of benzene rings is 1. The minimum absolute atomic E-state index is 0.0579. The van der Waals surface area contributed by atoms with E-state index in [4.69, 9.17) is 23.2 Å². The van der Waals surface area contributed by atoms with E-state index in [0.717, 1.165) is 0 Å². The zero-order valence-electron chi connectivity index (χ0n) is 9.16. The number of hydrogen-bond acceptors (Lipinski definition) is 2. The Morgan fingerprint density at radius 2 is 1.89 bits per heavy atom. The highest BCUT2D eigenvalue weighted by atomic mass is 35.5. The molecule has 2 aromatic rings. The van der Waals surface area contributed by atoms with Crippen LogP contribution in [-0.4, -0.2) is 10.8 Å². The van der Waals surface area contributed by atoms with Gasteiger partial charge in [-0.15, -0.1) is 0 Å². The first-order valence-electron chi connectivity index (χ1n) is 5.15. The number of pyridine rings is 1. The molecule has 5 heteroatoms. The van der Waals surface area contributed by atoms with Crippen LogP contribution in [0.15, 0.2) is 36.5 Å². The predicted octanol–water partition coefficient (Wildman–Crippen LogP) is 3.95. The summed E-state index contributed by atoms with van der Waals surface area (Å²) in [6, 6.07) is 7.30. The van der Waals surface area contributed by atoms with Gasteiger partial charge in [0.1, 0.15) is 11.5 Å². The fraction of sp³-hybridized carbons (Fsp3) is 0.0769. The summed E-state index contributed by atoms with van der Waals surface area (Å²) in [6.07, 6.45) is 1.32. The largest absolute Gasteiger partial charge is 0.292 e. The fourth-order valence-corrected chi connectivity index (χ4v) is 1.74. The molecule has 0 saturated heterocycles. The van der Waals surface area contributed by atoms with Crippen molar-refractivity contribution < 1.29 is 9.18 Å². The zero-order valence-corrected chi connectivity index (χ0v) is 10.7. The van der Waals surface area contributed by atoms with Crippen molar-refractivity contribution in [1.29, 1.82) is 0 Å². The van der Waals surface area contributed by atoms with Crippen LogP contribution < -0.4 is 0 Å². The van der Waals surface area contributed by atoms with Gasteiger partial charge in [0.25, 0.3) is 0 Å². The average molecular weight is 284 g/mol. The van der Waals surface area contributed by atoms with E-state index in [1.165, 1.54) is 24.4 Å². The summed E-state index contributed by atoms with van der Waals surface area (Å²) in [5.41, 5.74) is 0.551. The quantitative estimate of drug-likeness (QED) is 0.799. The number of halogens is 3. The number of nitrogens with zero attached hydrogens (tertiary/aromatic N) is 1. The molecule has 0 N–H and O–H groups in total. The van der Waals surface area contributed by atoms with Gasteiger partial charge < -0.3 is 0 Å². The molecule has 0 atom stereocenters. The SMILES string of the molecule is O=C(Cc1ccc(Cl)cc1F)c1ccc(Cl)cn1. The van der Waals surface area contributed by atoms with Crippen LogP contribution in [0.1, 0.15) is 16.1 Å². The molecule has 0 saturated carbocycles. The van der Waals surface area contributed by atoms with Crippen molar-refractivity contribution in [1.82, 2.24) is 4.98 Å². The van der Waals surface area contributed by atoms with E-state index in [9.17, 15) is 9.18 Å². The van der Waals surface area contributed by atoms with E-state index in [0.29, 0.717) is 15.6 Å². The highest BCUT2D eigenvalue weighted by Crippen LogP contribution is 2.16. The molecule has 1 heterocycles. The molecule has 0 spiro atoms. The van der Waals surface area contributed by atoms with E-state index in [-0.39, 0.29) is 17.9 Å². The average Bonchev–Trinajstić information content (AvgIpc) is 2.33. The summed E-state index contributed by atoms with van der Waals surface area (Å²) < 4.78 is 13.5. The molecule has 18 heavy (non-hydrogen) atoms. The second kappa shape index (κ2) is 5.46. The molecule has 0 radical (unpaired) electrons. The monoisotopic (exact) mass is 283 g/mol. The number of Topliss-reactive ketones (excluding diaryl/α,β-unsaturated/α-hetero) is 1. The van der Waals surface area contributed by atoms with Crippen molar-refractivity contribution in [2.75, 3.05) is 0 Å². The third-order valence-corrected chi connectivity index (χ3v) is 2.84. The smallest absolute Gasteiger partial charge is 0.185 e. The highest BCUT2D eigenvalue weighted by molar-refractivity contribution is 6.30. The first kappa shape index (κ1) is 13.0. The number of ketones is 1. The van der Waals surface area contributed by atoms with Crippen LogP contribution in [0.25, 0.3) is 0 Å². The van der Waals surface area contributed by atoms with Gasteiger partial charge >= 0.3 is 0 Å². The molecule has 2 nitrogen and oxygen atoms in total. The number of hydrogen-bond donors (Lipinski definition) is 0. The van der Waals surface area contributed by atoms with Gasteiger partial charge in [0, 0.05) is 17.6 Å². The van der Waals surface area contributed by atoms with Crippen molar-refractivity contribution >= 4 is 29.0 Å². The van der Waals surface area contributed by atoms with Crippen molar-refractivity contribution in [3.8, 4) is 0 Å². The van der Waals surface area contributed by atoms with Crippen LogP contribution in [0.3, 0.4) is 0 Å². The molecule has 0 unspecified atom stereocenters. The molecule has 2 rings (SSSR count). The second-order valence-corrected chi connectivity index (χ2v) is 4.57. The van der Waals surface area contributed by atoms with Crippen molar-refractivity contribution in [3.05, 3.63) is 63.6 Å². The summed E-state index contributed by atoms with van der Waals surface area (Å²) in [6.45, 7) is 0. The molecule has 0 aliphatic rings.